The molecule has 2 unspecified atom stereocenters. The maximum Gasteiger partial charge on any atom is 0.240 e. The van der Waals surface area contributed by atoms with E-state index in [1.165, 1.54) is 0 Å². The Bertz CT molecular complexity index is 308. The van der Waals surface area contributed by atoms with Gasteiger partial charge in [0.1, 0.15) is 6.04 Å². The van der Waals surface area contributed by atoms with E-state index in [9.17, 15) is 4.79 Å². The second kappa shape index (κ2) is 5.66. The van der Waals surface area contributed by atoms with Crippen molar-refractivity contribution in [3.63, 3.8) is 0 Å². The van der Waals surface area contributed by atoms with Crippen molar-refractivity contribution < 1.29 is 4.79 Å². The number of nitriles is 1. The average molecular weight is 221 g/mol. The fourth-order valence-electron chi connectivity index (χ4n) is 2.00. The summed E-state index contributed by atoms with van der Waals surface area (Å²) in [6, 6.07) is 2.03. The van der Waals surface area contributed by atoms with Crippen LogP contribution in [0.25, 0.3) is 0 Å². The van der Waals surface area contributed by atoms with Crippen molar-refractivity contribution in [2.45, 2.75) is 31.8 Å². The summed E-state index contributed by atoms with van der Waals surface area (Å²) in [6.07, 6.45) is 2.98. The number of likely N-dealkylation sites (N-methyl/N-ethyl adjacent to an activating group) is 1. The van der Waals surface area contributed by atoms with Gasteiger partial charge in [-0.2, -0.15) is 5.26 Å². The number of rotatable bonds is 3. The molecule has 0 radical (unpaired) electrons. The van der Waals surface area contributed by atoms with Crippen LogP contribution in [-0.2, 0) is 4.79 Å². The number of carbonyl (C=O) groups is 1. The maximum atomic E-state index is 12.1. The van der Waals surface area contributed by atoms with E-state index in [1.54, 1.807) is 11.0 Å². The van der Waals surface area contributed by atoms with Gasteiger partial charge in [-0.05, 0) is 13.3 Å². The number of nitrogens with zero attached hydrogens (tertiary/aromatic N) is 3. The van der Waals surface area contributed by atoms with Gasteiger partial charge in [-0.1, -0.05) is 6.08 Å². The Labute approximate surface area is 97.1 Å². The van der Waals surface area contributed by atoms with E-state index >= 15 is 0 Å². The Morgan fingerprint density at radius 2 is 2.38 bits per heavy atom. The molecule has 88 valence electrons. The zero-order chi connectivity index (χ0) is 12.1. The van der Waals surface area contributed by atoms with E-state index in [0.29, 0.717) is 6.54 Å². The van der Waals surface area contributed by atoms with Crippen LogP contribution in [0.5, 0.6) is 0 Å². The molecule has 0 bridgehead atoms. The predicted octanol–water partition coefficient (Wildman–Crippen LogP) is 1.01. The lowest BCUT2D eigenvalue weighted by Gasteiger charge is -2.27. The predicted molar refractivity (Wildman–Crippen MR) is 62.6 cm³/mol. The van der Waals surface area contributed by atoms with Gasteiger partial charge >= 0.3 is 0 Å². The second-order valence-electron chi connectivity index (χ2n) is 4.25. The molecular weight excluding hydrogens is 202 g/mol. The van der Waals surface area contributed by atoms with Gasteiger partial charge in [0.15, 0.2) is 0 Å². The molecule has 0 spiro atoms. The molecule has 4 nitrogen and oxygen atoms in total. The average Bonchev–Trinajstić information content (AvgIpc) is 2.37. The van der Waals surface area contributed by atoms with E-state index in [2.05, 4.69) is 12.6 Å². The van der Waals surface area contributed by atoms with Crippen LogP contribution in [0.1, 0.15) is 19.8 Å². The number of carbonyl (C=O) groups excluding carboxylic acids is 1. The molecule has 16 heavy (non-hydrogen) atoms. The largest absolute Gasteiger partial charge is 0.342 e. The lowest BCUT2D eigenvalue weighted by Crippen LogP contribution is -2.45. The summed E-state index contributed by atoms with van der Waals surface area (Å²) in [4.78, 5) is 15.9. The molecule has 1 amide bonds. The van der Waals surface area contributed by atoms with Crippen LogP contribution >= 0.6 is 0 Å². The highest BCUT2D eigenvalue weighted by molar-refractivity contribution is 5.82. The van der Waals surface area contributed by atoms with Crippen LogP contribution in [-0.4, -0.2) is 47.9 Å². The Morgan fingerprint density at radius 1 is 1.69 bits per heavy atom. The van der Waals surface area contributed by atoms with Crippen LogP contribution in [0.2, 0.25) is 0 Å². The molecule has 1 fully saturated rings. The summed E-state index contributed by atoms with van der Waals surface area (Å²) in [7, 11) is 1.81. The van der Waals surface area contributed by atoms with Gasteiger partial charge in [0.25, 0.3) is 0 Å². The number of amides is 1. The van der Waals surface area contributed by atoms with Crippen molar-refractivity contribution >= 4 is 5.91 Å². The SMILES string of the molecule is C=CCN1CCC(C)N(C)C(=O)C1CC#N. The van der Waals surface area contributed by atoms with Gasteiger partial charge in [0, 0.05) is 26.2 Å². The van der Waals surface area contributed by atoms with Crippen LogP contribution in [0.3, 0.4) is 0 Å². The standard InChI is InChI=1S/C12H19N3O/c1-4-8-15-9-6-10(2)14(3)12(16)11(15)5-7-13/h4,10-11H,1,5-6,8-9H2,2-3H3. The fourth-order valence-corrected chi connectivity index (χ4v) is 2.00. The summed E-state index contributed by atoms with van der Waals surface area (Å²) in [5.74, 6) is 0.0494. The molecular formula is C12H19N3O. The monoisotopic (exact) mass is 221 g/mol. The molecule has 1 aliphatic heterocycles. The molecule has 0 aliphatic carbocycles. The summed E-state index contributed by atoms with van der Waals surface area (Å²) in [5, 5.41) is 8.79. The Kier molecular flexibility index (Phi) is 4.51. The maximum absolute atomic E-state index is 12.1. The van der Waals surface area contributed by atoms with Gasteiger partial charge in [0.05, 0.1) is 12.5 Å². The summed E-state index contributed by atoms with van der Waals surface area (Å²) < 4.78 is 0. The number of hydrogen-bond donors (Lipinski definition) is 0. The Morgan fingerprint density at radius 3 is 2.94 bits per heavy atom. The molecule has 0 N–H and O–H groups in total. The summed E-state index contributed by atoms with van der Waals surface area (Å²) in [5.41, 5.74) is 0. The van der Waals surface area contributed by atoms with Gasteiger partial charge in [-0.25, -0.2) is 0 Å². The first-order valence-corrected chi connectivity index (χ1v) is 5.60. The van der Waals surface area contributed by atoms with Gasteiger partial charge in [-0.3, -0.25) is 9.69 Å². The third kappa shape index (κ3) is 2.61. The van der Waals surface area contributed by atoms with E-state index < -0.39 is 0 Å². The highest BCUT2D eigenvalue weighted by Crippen LogP contribution is 2.17. The zero-order valence-corrected chi connectivity index (χ0v) is 10.0. The molecule has 0 aromatic rings. The van der Waals surface area contributed by atoms with E-state index in [-0.39, 0.29) is 24.4 Å². The van der Waals surface area contributed by atoms with Crippen LogP contribution in [0.15, 0.2) is 12.7 Å². The van der Waals surface area contributed by atoms with Gasteiger partial charge in [0.2, 0.25) is 5.91 Å². The third-order valence-corrected chi connectivity index (χ3v) is 3.22. The third-order valence-electron chi connectivity index (χ3n) is 3.22. The van der Waals surface area contributed by atoms with Crippen LogP contribution in [0.4, 0.5) is 0 Å². The van der Waals surface area contributed by atoms with E-state index in [1.807, 2.05) is 18.9 Å². The van der Waals surface area contributed by atoms with Crippen molar-refractivity contribution in [3.05, 3.63) is 12.7 Å². The Hall–Kier alpha value is -1.34. The highest BCUT2D eigenvalue weighted by Gasteiger charge is 2.32. The molecule has 1 heterocycles. The molecule has 0 aromatic carbocycles. The van der Waals surface area contributed by atoms with E-state index in [0.717, 1.165) is 13.0 Å². The van der Waals surface area contributed by atoms with Crippen LogP contribution in [0, 0.1) is 11.3 Å². The minimum absolute atomic E-state index is 0.0494. The minimum atomic E-state index is -0.307. The smallest absolute Gasteiger partial charge is 0.240 e. The summed E-state index contributed by atoms with van der Waals surface area (Å²) in [6.45, 7) is 7.24. The fraction of sp³-hybridized carbons (Fsp3) is 0.667. The lowest BCUT2D eigenvalue weighted by atomic mass is 10.1. The van der Waals surface area contributed by atoms with Crippen molar-refractivity contribution in [1.82, 2.24) is 9.80 Å². The molecule has 4 heteroatoms. The molecule has 1 saturated heterocycles. The zero-order valence-electron chi connectivity index (χ0n) is 10.0. The van der Waals surface area contributed by atoms with Crippen LogP contribution < -0.4 is 0 Å². The van der Waals surface area contributed by atoms with Crippen molar-refractivity contribution in [3.8, 4) is 6.07 Å². The molecule has 1 rings (SSSR count). The Balaban J connectivity index is 2.88. The van der Waals surface area contributed by atoms with Crippen molar-refractivity contribution in [2.75, 3.05) is 20.1 Å². The normalized spacial score (nSPS) is 27.3. The van der Waals surface area contributed by atoms with Gasteiger partial charge < -0.3 is 4.90 Å². The highest BCUT2D eigenvalue weighted by atomic mass is 16.2. The lowest BCUT2D eigenvalue weighted by molar-refractivity contribution is -0.135. The molecule has 0 saturated carbocycles. The summed E-state index contributed by atoms with van der Waals surface area (Å²) >= 11 is 0. The van der Waals surface area contributed by atoms with Gasteiger partial charge in [-0.15, -0.1) is 6.58 Å². The topological polar surface area (TPSA) is 47.3 Å². The molecule has 2 atom stereocenters. The van der Waals surface area contributed by atoms with Crippen molar-refractivity contribution in [2.24, 2.45) is 0 Å². The second-order valence-corrected chi connectivity index (χ2v) is 4.25. The quantitative estimate of drug-likeness (QED) is 0.668. The minimum Gasteiger partial charge on any atom is -0.342 e. The molecule has 0 aromatic heterocycles. The first-order valence-electron chi connectivity index (χ1n) is 5.60. The first kappa shape index (κ1) is 12.7. The van der Waals surface area contributed by atoms with Crippen molar-refractivity contribution in [1.29, 1.82) is 5.26 Å². The molecule has 1 aliphatic rings. The van der Waals surface area contributed by atoms with E-state index in [4.69, 9.17) is 5.26 Å². The first-order chi connectivity index (χ1) is 7.61. The number of hydrogen-bond acceptors (Lipinski definition) is 3.